The van der Waals surface area contributed by atoms with Crippen LogP contribution in [-0.2, 0) is 4.74 Å². The van der Waals surface area contributed by atoms with Crippen molar-refractivity contribution < 1.29 is 22.3 Å². The fourth-order valence-electron chi connectivity index (χ4n) is 0.554. The van der Waals surface area contributed by atoms with E-state index in [0.717, 1.165) is 0 Å². The Morgan fingerprint density at radius 3 is 2.07 bits per heavy atom. The van der Waals surface area contributed by atoms with Gasteiger partial charge in [0.05, 0.1) is 6.61 Å². The molecule has 9 heteroatoms. The summed E-state index contributed by atoms with van der Waals surface area (Å²) in [6.07, 6.45) is -8.16. The van der Waals surface area contributed by atoms with Gasteiger partial charge >= 0.3 is 12.2 Å². The molecule has 0 aromatic carbocycles. The van der Waals surface area contributed by atoms with Gasteiger partial charge in [0.2, 0.25) is 0 Å². The quantitative estimate of drug-likeness (QED) is 0.323. The lowest BCUT2D eigenvalue weighted by Gasteiger charge is -2.13. The number of alkyl halides is 4. The summed E-state index contributed by atoms with van der Waals surface area (Å²) in [6, 6.07) is -2.70. The van der Waals surface area contributed by atoms with E-state index in [1.165, 1.54) is 0 Å². The molecule has 0 aliphatic rings. The summed E-state index contributed by atoms with van der Waals surface area (Å²) < 4.78 is 50.6. The molecule has 0 spiro atoms. The Morgan fingerprint density at radius 2 is 1.71 bits per heavy atom. The smallest absolute Gasteiger partial charge is 0.341 e. The SMILES string of the molecule is FC(OCCC[Si](Cl)(Cl)Cl)C(F)(F)F. The largest absolute Gasteiger partial charge is 0.445 e. The molecule has 0 aromatic rings. The molecular weight excluding hydrogens is 286 g/mol. The van der Waals surface area contributed by atoms with E-state index in [2.05, 4.69) is 4.74 Å². The second-order valence-electron chi connectivity index (χ2n) is 2.45. The molecule has 0 bridgehead atoms. The van der Waals surface area contributed by atoms with E-state index in [4.69, 9.17) is 33.2 Å². The number of halogens is 7. The van der Waals surface area contributed by atoms with E-state index in [1.54, 1.807) is 0 Å². The lowest BCUT2D eigenvalue weighted by molar-refractivity contribution is -0.264. The van der Waals surface area contributed by atoms with Crippen molar-refractivity contribution in [3.63, 3.8) is 0 Å². The van der Waals surface area contributed by atoms with E-state index in [-0.39, 0.29) is 12.5 Å². The molecule has 0 saturated heterocycles. The van der Waals surface area contributed by atoms with Gasteiger partial charge in [0.1, 0.15) is 0 Å². The van der Waals surface area contributed by atoms with E-state index < -0.39 is 25.1 Å². The van der Waals surface area contributed by atoms with Gasteiger partial charge in [-0.2, -0.15) is 13.2 Å². The Morgan fingerprint density at radius 1 is 1.21 bits per heavy atom. The van der Waals surface area contributed by atoms with Crippen molar-refractivity contribution in [2.45, 2.75) is 25.0 Å². The van der Waals surface area contributed by atoms with Crippen LogP contribution in [0.2, 0.25) is 6.04 Å². The van der Waals surface area contributed by atoms with Crippen molar-refractivity contribution >= 4 is 39.2 Å². The van der Waals surface area contributed by atoms with Crippen LogP contribution in [0.25, 0.3) is 0 Å². The second kappa shape index (κ2) is 5.74. The minimum atomic E-state index is -4.99. The van der Waals surface area contributed by atoms with Gasteiger partial charge in [-0.3, -0.25) is 0 Å². The van der Waals surface area contributed by atoms with E-state index in [1.807, 2.05) is 0 Å². The Bertz CT molecular complexity index is 171. The summed E-state index contributed by atoms with van der Waals surface area (Å²) in [4.78, 5) is 0. The summed E-state index contributed by atoms with van der Waals surface area (Å²) in [5, 5.41) is 0. The molecule has 1 nitrogen and oxygen atoms in total. The molecule has 86 valence electrons. The molecule has 0 amide bonds. The van der Waals surface area contributed by atoms with Crippen molar-refractivity contribution in [2.75, 3.05) is 6.61 Å². The maximum atomic E-state index is 12.1. The second-order valence-corrected chi connectivity index (χ2v) is 11.7. The van der Waals surface area contributed by atoms with Gasteiger partial charge in [-0.15, -0.1) is 33.2 Å². The predicted octanol–water partition coefficient (Wildman–Crippen LogP) is 3.91. The maximum absolute atomic E-state index is 12.1. The topological polar surface area (TPSA) is 9.23 Å². The molecule has 0 aliphatic carbocycles. The molecule has 14 heavy (non-hydrogen) atoms. The average molecular weight is 294 g/mol. The van der Waals surface area contributed by atoms with Crippen molar-refractivity contribution in [2.24, 2.45) is 0 Å². The Balaban J connectivity index is 3.56. The minimum absolute atomic E-state index is 0.0965. The van der Waals surface area contributed by atoms with Crippen LogP contribution in [0.3, 0.4) is 0 Å². The molecule has 1 unspecified atom stereocenters. The third-order valence-electron chi connectivity index (χ3n) is 1.13. The zero-order valence-electron chi connectivity index (χ0n) is 6.75. The third-order valence-corrected chi connectivity index (χ3v) is 3.75. The normalized spacial score (nSPS) is 15.6. The monoisotopic (exact) mass is 292 g/mol. The molecule has 1 atom stereocenters. The summed E-state index contributed by atoms with van der Waals surface area (Å²) in [6.45, 7) is -0.415. The van der Waals surface area contributed by atoms with Crippen LogP contribution >= 0.6 is 33.2 Å². The van der Waals surface area contributed by atoms with Gasteiger partial charge in [0.15, 0.2) is 0 Å². The van der Waals surface area contributed by atoms with Crippen LogP contribution in [0.15, 0.2) is 0 Å². The molecule has 0 N–H and O–H groups in total. The number of ether oxygens (including phenoxy) is 1. The van der Waals surface area contributed by atoms with Gasteiger partial charge in [-0.25, -0.2) is 4.39 Å². The fraction of sp³-hybridized carbons (Fsp3) is 1.00. The van der Waals surface area contributed by atoms with Crippen LogP contribution in [0.1, 0.15) is 6.42 Å². The Kier molecular flexibility index (Phi) is 6.06. The lowest BCUT2D eigenvalue weighted by atomic mass is 10.5. The minimum Gasteiger partial charge on any atom is -0.341 e. The first-order chi connectivity index (χ1) is 6.13. The van der Waals surface area contributed by atoms with E-state index >= 15 is 0 Å². The van der Waals surface area contributed by atoms with Crippen molar-refractivity contribution in [1.29, 1.82) is 0 Å². The van der Waals surface area contributed by atoms with Gasteiger partial charge in [0, 0.05) is 0 Å². The zero-order valence-corrected chi connectivity index (χ0v) is 10.0. The van der Waals surface area contributed by atoms with Crippen molar-refractivity contribution in [1.82, 2.24) is 0 Å². The summed E-state index contributed by atoms with van der Waals surface area (Å²) in [7, 11) is 0. The Labute approximate surface area is 93.4 Å². The molecule has 0 rings (SSSR count). The molecule has 0 fully saturated rings. The summed E-state index contributed by atoms with van der Waals surface area (Å²) in [5.74, 6) is 0. The van der Waals surface area contributed by atoms with Gasteiger partial charge in [0.25, 0.3) is 6.36 Å². The van der Waals surface area contributed by atoms with E-state index in [9.17, 15) is 17.6 Å². The average Bonchev–Trinajstić information content (AvgIpc) is 1.93. The number of rotatable bonds is 5. The van der Waals surface area contributed by atoms with Crippen molar-refractivity contribution in [3.05, 3.63) is 0 Å². The lowest BCUT2D eigenvalue weighted by Crippen LogP contribution is -2.27. The van der Waals surface area contributed by atoms with Gasteiger partial charge in [-0.05, 0) is 12.5 Å². The summed E-state index contributed by atoms with van der Waals surface area (Å²) >= 11 is 16.3. The highest BCUT2D eigenvalue weighted by atomic mass is 35.8. The molecule has 0 aromatic heterocycles. The number of hydrogen-bond donors (Lipinski definition) is 0. The third kappa shape index (κ3) is 8.11. The molecule has 0 aliphatic heterocycles. The van der Waals surface area contributed by atoms with Crippen LogP contribution < -0.4 is 0 Å². The molecular formula is C5H7Cl3F4OSi. The first-order valence-corrected chi connectivity index (χ1v) is 8.76. The summed E-state index contributed by atoms with van der Waals surface area (Å²) in [5.41, 5.74) is 0. The van der Waals surface area contributed by atoms with Crippen LogP contribution in [0, 0.1) is 0 Å². The first kappa shape index (κ1) is 14.8. The highest BCUT2D eigenvalue weighted by Crippen LogP contribution is 2.27. The van der Waals surface area contributed by atoms with E-state index in [0.29, 0.717) is 0 Å². The maximum Gasteiger partial charge on any atom is 0.445 e. The van der Waals surface area contributed by atoms with Crippen LogP contribution in [0.4, 0.5) is 17.6 Å². The van der Waals surface area contributed by atoms with Gasteiger partial charge in [-0.1, -0.05) is 0 Å². The van der Waals surface area contributed by atoms with Crippen LogP contribution in [-0.4, -0.2) is 25.1 Å². The van der Waals surface area contributed by atoms with Crippen molar-refractivity contribution in [3.8, 4) is 0 Å². The van der Waals surface area contributed by atoms with Gasteiger partial charge < -0.3 is 4.74 Å². The highest BCUT2D eigenvalue weighted by molar-refractivity contribution is 7.64. The molecule has 0 heterocycles. The highest BCUT2D eigenvalue weighted by Gasteiger charge is 2.41. The predicted molar refractivity (Wildman–Crippen MR) is 49.6 cm³/mol. The zero-order chi connectivity index (χ0) is 11.4. The molecule has 0 radical (unpaired) electrons. The van der Waals surface area contributed by atoms with Crippen LogP contribution in [0.5, 0.6) is 0 Å². The Hall–Kier alpha value is 0.767. The fourth-order valence-corrected chi connectivity index (χ4v) is 2.30. The first-order valence-electron chi connectivity index (χ1n) is 3.52. The molecule has 0 saturated carbocycles. The number of hydrogen-bond acceptors (Lipinski definition) is 1. The standard InChI is InChI=1S/C5H7Cl3F4OSi/c6-14(7,8)3-1-2-13-4(9)5(10,11)12/h4H,1-3H2.